The second-order valence-corrected chi connectivity index (χ2v) is 10.8. The Hall–Kier alpha value is -2.33. The standard InChI is InChI=1S/C24H22ClF3N2O3S/c25-17-11-16-19(34(29,31)32)6-4-14-1-2-15-3-5-18(23(17)22(15)21(14)16)33-13-24(28)7-9-30(10-8-24)12-20(26)27/h1-6,11,20H,7-10,12-13H2,(H2,29,31,32). The normalized spacial score (nSPS) is 17.4. The molecular formula is C24H22ClF3N2O3S. The zero-order valence-electron chi connectivity index (χ0n) is 18.0. The second-order valence-electron chi connectivity index (χ2n) is 8.85. The molecule has 0 amide bonds. The molecule has 180 valence electrons. The van der Waals surface area contributed by atoms with Gasteiger partial charge in [0.15, 0.2) is 0 Å². The summed E-state index contributed by atoms with van der Waals surface area (Å²) in [5.74, 6) is 0.375. The maximum atomic E-state index is 15.4. The van der Waals surface area contributed by atoms with E-state index in [0.717, 1.165) is 10.8 Å². The van der Waals surface area contributed by atoms with E-state index in [1.54, 1.807) is 23.1 Å². The smallest absolute Gasteiger partial charge is 0.251 e. The summed E-state index contributed by atoms with van der Waals surface area (Å²) in [4.78, 5) is 1.53. The van der Waals surface area contributed by atoms with Gasteiger partial charge in [0.25, 0.3) is 6.43 Å². The van der Waals surface area contributed by atoms with E-state index < -0.39 is 22.1 Å². The predicted octanol–water partition coefficient (Wildman–Crippen LogP) is 5.33. The number of nitrogens with two attached hydrogens (primary N) is 1. The van der Waals surface area contributed by atoms with Crippen molar-refractivity contribution < 1.29 is 26.3 Å². The lowest BCUT2D eigenvalue weighted by molar-refractivity contribution is -0.00103. The van der Waals surface area contributed by atoms with Crippen molar-refractivity contribution >= 4 is 53.9 Å². The quantitative estimate of drug-likeness (QED) is 0.356. The summed E-state index contributed by atoms with van der Waals surface area (Å²) >= 11 is 6.62. The van der Waals surface area contributed by atoms with Gasteiger partial charge in [-0.3, -0.25) is 4.90 Å². The maximum absolute atomic E-state index is 15.4. The van der Waals surface area contributed by atoms with Gasteiger partial charge in [-0.2, -0.15) is 0 Å². The van der Waals surface area contributed by atoms with Crippen LogP contribution in [0.2, 0.25) is 5.02 Å². The van der Waals surface area contributed by atoms with E-state index in [2.05, 4.69) is 0 Å². The van der Waals surface area contributed by atoms with Gasteiger partial charge in [-0.05, 0) is 47.2 Å². The Morgan fingerprint density at radius 1 is 1.03 bits per heavy atom. The van der Waals surface area contributed by atoms with Crippen molar-refractivity contribution in [1.29, 1.82) is 0 Å². The number of benzene rings is 4. The molecule has 0 aliphatic carbocycles. The Kier molecular flexibility index (Phi) is 5.79. The van der Waals surface area contributed by atoms with Crippen LogP contribution in [0.15, 0.2) is 47.4 Å². The Bertz CT molecular complexity index is 1490. The fourth-order valence-electron chi connectivity index (χ4n) is 4.85. The minimum absolute atomic E-state index is 0.0270. The van der Waals surface area contributed by atoms with E-state index in [-0.39, 0.29) is 49.0 Å². The highest BCUT2D eigenvalue weighted by Gasteiger charge is 2.36. The fourth-order valence-corrected chi connectivity index (χ4v) is 5.88. The molecule has 2 N–H and O–H groups in total. The van der Waals surface area contributed by atoms with Gasteiger partial charge in [-0.1, -0.05) is 35.9 Å². The average Bonchev–Trinajstić information content (AvgIpc) is 2.77. The van der Waals surface area contributed by atoms with E-state index in [0.29, 0.717) is 27.3 Å². The Balaban J connectivity index is 1.54. The van der Waals surface area contributed by atoms with Gasteiger partial charge < -0.3 is 4.74 Å². The van der Waals surface area contributed by atoms with Gasteiger partial charge in [0.1, 0.15) is 18.0 Å². The third kappa shape index (κ3) is 4.15. The van der Waals surface area contributed by atoms with Crippen LogP contribution in [0.5, 0.6) is 5.75 Å². The number of ether oxygens (including phenoxy) is 1. The van der Waals surface area contributed by atoms with E-state index in [1.165, 1.54) is 6.07 Å². The van der Waals surface area contributed by atoms with Crippen molar-refractivity contribution in [2.45, 2.75) is 29.8 Å². The Labute approximate surface area is 199 Å². The molecule has 0 radical (unpaired) electrons. The van der Waals surface area contributed by atoms with Gasteiger partial charge in [0, 0.05) is 29.2 Å². The molecular weight excluding hydrogens is 489 g/mol. The zero-order chi connectivity index (χ0) is 24.3. The molecule has 4 aromatic carbocycles. The number of sulfonamides is 1. The lowest BCUT2D eigenvalue weighted by Gasteiger charge is -2.36. The first-order chi connectivity index (χ1) is 16.1. The monoisotopic (exact) mass is 510 g/mol. The largest absolute Gasteiger partial charge is 0.490 e. The molecule has 5 nitrogen and oxygen atoms in total. The molecule has 0 aromatic heterocycles. The van der Waals surface area contributed by atoms with Gasteiger partial charge in [-0.25, -0.2) is 26.7 Å². The zero-order valence-corrected chi connectivity index (χ0v) is 19.6. The third-order valence-corrected chi connectivity index (χ3v) is 7.85. The molecule has 10 heteroatoms. The maximum Gasteiger partial charge on any atom is 0.251 e. The minimum atomic E-state index is -3.99. The van der Waals surface area contributed by atoms with Crippen LogP contribution >= 0.6 is 11.6 Å². The molecule has 1 heterocycles. The van der Waals surface area contributed by atoms with Crippen molar-refractivity contribution in [2.24, 2.45) is 5.14 Å². The molecule has 5 rings (SSSR count). The van der Waals surface area contributed by atoms with E-state index >= 15 is 4.39 Å². The minimum Gasteiger partial charge on any atom is -0.490 e. The first-order valence-electron chi connectivity index (χ1n) is 10.8. The van der Waals surface area contributed by atoms with Crippen molar-refractivity contribution in [1.82, 2.24) is 4.90 Å². The summed E-state index contributed by atoms with van der Waals surface area (Å²) in [6.45, 7) is -0.125. The highest BCUT2D eigenvalue weighted by Crippen LogP contribution is 2.44. The molecule has 1 saturated heterocycles. The number of hydrogen-bond acceptors (Lipinski definition) is 4. The van der Waals surface area contributed by atoms with Crippen LogP contribution in [0.25, 0.3) is 32.3 Å². The van der Waals surface area contributed by atoms with Crippen LogP contribution in [0, 0.1) is 0 Å². The average molecular weight is 511 g/mol. The van der Waals surface area contributed by atoms with Crippen LogP contribution in [-0.4, -0.2) is 51.7 Å². The van der Waals surface area contributed by atoms with Gasteiger partial charge in [0.2, 0.25) is 10.0 Å². The number of piperidine rings is 1. The molecule has 0 atom stereocenters. The molecule has 0 bridgehead atoms. The van der Waals surface area contributed by atoms with Gasteiger partial charge >= 0.3 is 0 Å². The lowest BCUT2D eigenvalue weighted by Crippen LogP contribution is -2.46. The number of rotatable bonds is 6. The van der Waals surface area contributed by atoms with Crippen LogP contribution in [-0.2, 0) is 10.0 Å². The van der Waals surface area contributed by atoms with Gasteiger partial charge in [-0.15, -0.1) is 0 Å². The Morgan fingerprint density at radius 3 is 2.29 bits per heavy atom. The number of primary sulfonamides is 1. The van der Waals surface area contributed by atoms with Gasteiger partial charge in [0.05, 0.1) is 16.5 Å². The summed E-state index contributed by atoms with van der Waals surface area (Å²) in [7, 11) is -3.99. The predicted molar refractivity (Wildman–Crippen MR) is 128 cm³/mol. The molecule has 0 saturated carbocycles. The van der Waals surface area contributed by atoms with Crippen molar-refractivity contribution in [3.05, 3.63) is 47.5 Å². The summed E-state index contributed by atoms with van der Waals surface area (Å²) in [5, 5.41) is 9.69. The van der Waals surface area contributed by atoms with E-state index in [9.17, 15) is 17.2 Å². The van der Waals surface area contributed by atoms with Crippen molar-refractivity contribution in [3.8, 4) is 5.75 Å². The molecule has 1 aliphatic heterocycles. The molecule has 0 spiro atoms. The van der Waals surface area contributed by atoms with Crippen LogP contribution in [0.3, 0.4) is 0 Å². The van der Waals surface area contributed by atoms with Crippen LogP contribution < -0.4 is 9.88 Å². The Morgan fingerprint density at radius 2 is 1.65 bits per heavy atom. The van der Waals surface area contributed by atoms with Crippen LogP contribution in [0.4, 0.5) is 13.2 Å². The van der Waals surface area contributed by atoms with Crippen molar-refractivity contribution in [2.75, 3.05) is 26.2 Å². The molecule has 0 unspecified atom stereocenters. The first kappa shape index (κ1) is 23.4. The molecule has 1 aliphatic rings. The molecule has 34 heavy (non-hydrogen) atoms. The van der Waals surface area contributed by atoms with Crippen LogP contribution in [0.1, 0.15) is 12.8 Å². The summed E-state index contributed by atoms with van der Waals surface area (Å²) < 4.78 is 70.9. The third-order valence-electron chi connectivity index (χ3n) is 6.58. The highest BCUT2D eigenvalue weighted by atomic mass is 35.5. The van der Waals surface area contributed by atoms with Crippen molar-refractivity contribution in [3.63, 3.8) is 0 Å². The fraction of sp³-hybridized carbons (Fsp3) is 0.333. The summed E-state index contributed by atoms with van der Waals surface area (Å²) in [6.07, 6.45) is -2.26. The number of hydrogen-bond donors (Lipinski definition) is 1. The second kappa shape index (κ2) is 8.41. The molecule has 4 aromatic rings. The molecule has 1 fully saturated rings. The number of nitrogens with zero attached hydrogens (tertiary/aromatic N) is 1. The van der Waals surface area contributed by atoms with E-state index in [1.807, 2.05) is 18.2 Å². The summed E-state index contributed by atoms with van der Waals surface area (Å²) in [5.41, 5.74) is -1.64. The summed E-state index contributed by atoms with van der Waals surface area (Å²) in [6, 6.07) is 12.0. The first-order valence-corrected chi connectivity index (χ1v) is 12.7. The number of halogens is 4. The number of alkyl halides is 3. The SMILES string of the molecule is NS(=O)(=O)c1ccc2ccc3ccc(OCC4(F)CCN(CC(F)F)CC4)c4c(Cl)cc1c2c34. The number of likely N-dealkylation sites (tertiary alicyclic amines) is 1. The highest BCUT2D eigenvalue weighted by molar-refractivity contribution is 7.89. The van der Waals surface area contributed by atoms with E-state index in [4.69, 9.17) is 21.5 Å². The topological polar surface area (TPSA) is 72.6 Å². The lowest BCUT2D eigenvalue weighted by atomic mass is 9.93.